The van der Waals surface area contributed by atoms with Crippen molar-refractivity contribution in [1.82, 2.24) is 0 Å². The van der Waals surface area contributed by atoms with Crippen molar-refractivity contribution < 1.29 is 9.30 Å². The first-order chi connectivity index (χ1) is 9.15. The molecule has 2 heteroatoms. The predicted octanol–water partition coefficient (Wildman–Crippen LogP) is 4.23. The average molecular weight is 264 g/mol. The molecule has 0 bridgehead atoms. The molecule has 0 atom stereocenters. The van der Waals surface area contributed by atoms with Gasteiger partial charge < -0.3 is 4.74 Å². The monoisotopic (exact) mass is 264 g/mol. The standard InChI is InChI=1S/C17H30NO/c1-5-6-7-8-9-10-11-19-14-18-12-15(2)17(4)16(3)13-18/h12-13H,5-11,14H2,1-4H3/q+1. The third kappa shape index (κ3) is 6.20. The van der Waals surface area contributed by atoms with Crippen molar-refractivity contribution in [3.8, 4) is 0 Å². The molecule has 1 rings (SSSR count). The molecule has 108 valence electrons. The molecular weight excluding hydrogens is 234 g/mol. The number of aryl methyl sites for hydroxylation is 2. The van der Waals surface area contributed by atoms with Gasteiger partial charge in [-0.3, -0.25) is 0 Å². The normalized spacial score (nSPS) is 10.9. The first kappa shape index (κ1) is 16.2. The molecule has 19 heavy (non-hydrogen) atoms. The van der Waals surface area contributed by atoms with Gasteiger partial charge in [0, 0.05) is 11.1 Å². The van der Waals surface area contributed by atoms with E-state index in [0.29, 0.717) is 6.73 Å². The third-order valence-corrected chi connectivity index (χ3v) is 3.78. The number of aromatic nitrogens is 1. The maximum atomic E-state index is 5.74. The third-order valence-electron chi connectivity index (χ3n) is 3.78. The molecule has 1 aromatic rings. The van der Waals surface area contributed by atoms with Gasteiger partial charge in [-0.1, -0.05) is 39.0 Å². The van der Waals surface area contributed by atoms with Gasteiger partial charge in [-0.15, -0.1) is 0 Å². The van der Waals surface area contributed by atoms with Gasteiger partial charge in [-0.05, 0) is 32.8 Å². The summed E-state index contributed by atoms with van der Waals surface area (Å²) in [6.07, 6.45) is 12.3. The fraction of sp³-hybridized carbons (Fsp3) is 0.706. The van der Waals surface area contributed by atoms with Gasteiger partial charge in [-0.25, -0.2) is 0 Å². The summed E-state index contributed by atoms with van der Waals surface area (Å²) in [5.74, 6) is 0. The van der Waals surface area contributed by atoms with E-state index in [1.54, 1.807) is 0 Å². The lowest BCUT2D eigenvalue weighted by Crippen LogP contribution is -2.35. The van der Waals surface area contributed by atoms with Gasteiger partial charge in [0.05, 0.1) is 6.61 Å². The highest BCUT2D eigenvalue weighted by atomic mass is 16.5. The van der Waals surface area contributed by atoms with E-state index in [4.69, 9.17) is 4.74 Å². The number of hydrogen-bond acceptors (Lipinski definition) is 1. The van der Waals surface area contributed by atoms with Crippen LogP contribution < -0.4 is 4.57 Å². The van der Waals surface area contributed by atoms with E-state index in [1.165, 1.54) is 55.2 Å². The Morgan fingerprint density at radius 1 is 0.895 bits per heavy atom. The molecule has 0 spiro atoms. The molecule has 0 saturated heterocycles. The van der Waals surface area contributed by atoms with Crippen LogP contribution in [0.1, 0.15) is 62.1 Å². The Labute approximate surface area is 118 Å². The molecule has 0 unspecified atom stereocenters. The van der Waals surface area contributed by atoms with Gasteiger partial charge in [0.15, 0.2) is 12.4 Å². The minimum absolute atomic E-state index is 0.678. The smallest absolute Gasteiger partial charge is 0.252 e. The zero-order valence-electron chi connectivity index (χ0n) is 13.2. The predicted molar refractivity (Wildman–Crippen MR) is 80.2 cm³/mol. The second kappa shape index (κ2) is 9.08. The van der Waals surface area contributed by atoms with E-state index < -0.39 is 0 Å². The Hall–Kier alpha value is -0.890. The Morgan fingerprint density at radius 2 is 1.47 bits per heavy atom. The minimum atomic E-state index is 0.678. The maximum Gasteiger partial charge on any atom is 0.252 e. The second-order valence-electron chi connectivity index (χ2n) is 5.57. The van der Waals surface area contributed by atoms with Crippen LogP contribution in [-0.2, 0) is 11.5 Å². The van der Waals surface area contributed by atoms with Crippen LogP contribution in [0, 0.1) is 20.8 Å². The van der Waals surface area contributed by atoms with Gasteiger partial charge in [-0.2, -0.15) is 4.57 Å². The molecule has 1 heterocycles. The van der Waals surface area contributed by atoms with E-state index in [2.05, 4.69) is 44.7 Å². The van der Waals surface area contributed by atoms with Crippen molar-refractivity contribution in [2.75, 3.05) is 6.61 Å². The highest BCUT2D eigenvalue weighted by molar-refractivity contribution is 5.25. The quantitative estimate of drug-likeness (QED) is 0.480. The lowest BCUT2D eigenvalue weighted by atomic mass is 10.1. The highest BCUT2D eigenvalue weighted by Gasteiger charge is 2.06. The Balaban J connectivity index is 2.16. The second-order valence-corrected chi connectivity index (χ2v) is 5.57. The zero-order chi connectivity index (χ0) is 14.1. The average Bonchev–Trinajstić information content (AvgIpc) is 2.39. The molecule has 0 aliphatic rings. The van der Waals surface area contributed by atoms with Crippen LogP contribution in [-0.4, -0.2) is 6.61 Å². The summed E-state index contributed by atoms with van der Waals surface area (Å²) in [6, 6.07) is 0. The van der Waals surface area contributed by atoms with Crippen molar-refractivity contribution in [1.29, 1.82) is 0 Å². The molecule has 0 aliphatic carbocycles. The van der Waals surface area contributed by atoms with E-state index in [0.717, 1.165) is 6.61 Å². The van der Waals surface area contributed by atoms with Crippen molar-refractivity contribution in [2.45, 2.75) is 73.0 Å². The fourth-order valence-corrected chi connectivity index (χ4v) is 2.27. The van der Waals surface area contributed by atoms with Crippen LogP contribution in [0.25, 0.3) is 0 Å². The summed E-state index contributed by atoms with van der Waals surface area (Å²) in [7, 11) is 0. The lowest BCUT2D eigenvalue weighted by molar-refractivity contribution is -0.733. The van der Waals surface area contributed by atoms with Crippen LogP contribution in [0.2, 0.25) is 0 Å². The first-order valence-electron chi connectivity index (χ1n) is 7.69. The number of unbranched alkanes of at least 4 members (excludes halogenated alkanes) is 5. The molecule has 0 amide bonds. The van der Waals surface area contributed by atoms with Crippen molar-refractivity contribution in [3.63, 3.8) is 0 Å². The van der Waals surface area contributed by atoms with Crippen LogP contribution in [0.15, 0.2) is 12.4 Å². The van der Waals surface area contributed by atoms with Crippen LogP contribution in [0.4, 0.5) is 0 Å². The summed E-state index contributed by atoms with van der Waals surface area (Å²) >= 11 is 0. The summed E-state index contributed by atoms with van der Waals surface area (Å²) < 4.78 is 7.89. The largest absolute Gasteiger partial charge is 0.323 e. The van der Waals surface area contributed by atoms with Gasteiger partial charge in [0.2, 0.25) is 0 Å². The molecule has 0 N–H and O–H groups in total. The van der Waals surface area contributed by atoms with E-state index in [-0.39, 0.29) is 0 Å². The molecule has 0 saturated carbocycles. The molecule has 0 radical (unpaired) electrons. The van der Waals surface area contributed by atoms with Gasteiger partial charge >= 0.3 is 0 Å². The van der Waals surface area contributed by atoms with Crippen LogP contribution in [0.3, 0.4) is 0 Å². The summed E-state index contributed by atoms with van der Waals surface area (Å²) in [5.41, 5.74) is 4.05. The lowest BCUT2D eigenvalue weighted by Gasteiger charge is -2.05. The molecule has 1 aromatic heterocycles. The molecule has 0 aliphatic heterocycles. The topological polar surface area (TPSA) is 13.1 Å². The highest BCUT2D eigenvalue weighted by Crippen LogP contribution is 2.08. The van der Waals surface area contributed by atoms with Gasteiger partial charge in [0.1, 0.15) is 0 Å². The van der Waals surface area contributed by atoms with E-state index >= 15 is 0 Å². The SMILES string of the molecule is CCCCCCCCOC[n+]1cc(C)c(C)c(C)c1. The summed E-state index contributed by atoms with van der Waals surface area (Å²) in [6.45, 7) is 10.3. The Morgan fingerprint density at radius 3 is 2.11 bits per heavy atom. The Kier molecular flexibility index (Phi) is 7.73. The molecule has 2 nitrogen and oxygen atoms in total. The van der Waals surface area contributed by atoms with Gasteiger partial charge in [0.25, 0.3) is 6.73 Å². The summed E-state index contributed by atoms with van der Waals surface area (Å²) in [5, 5.41) is 0. The number of pyridine rings is 1. The molecule has 0 fully saturated rings. The van der Waals surface area contributed by atoms with Crippen LogP contribution in [0.5, 0.6) is 0 Å². The van der Waals surface area contributed by atoms with Crippen molar-refractivity contribution in [2.24, 2.45) is 0 Å². The zero-order valence-corrected chi connectivity index (χ0v) is 13.2. The van der Waals surface area contributed by atoms with Crippen molar-refractivity contribution in [3.05, 3.63) is 29.1 Å². The molecule has 0 aromatic carbocycles. The number of rotatable bonds is 9. The van der Waals surface area contributed by atoms with Crippen LogP contribution >= 0.6 is 0 Å². The van der Waals surface area contributed by atoms with E-state index in [9.17, 15) is 0 Å². The number of nitrogens with zero attached hydrogens (tertiary/aromatic N) is 1. The van der Waals surface area contributed by atoms with E-state index in [1.807, 2.05) is 0 Å². The summed E-state index contributed by atoms with van der Waals surface area (Å²) in [4.78, 5) is 0. The molecular formula is C17H30NO+. The van der Waals surface area contributed by atoms with Crippen molar-refractivity contribution >= 4 is 0 Å². The first-order valence-corrected chi connectivity index (χ1v) is 7.69. The number of ether oxygens (including phenoxy) is 1. The Bertz CT molecular complexity index is 351. The maximum absolute atomic E-state index is 5.74. The minimum Gasteiger partial charge on any atom is -0.323 e. The fourth-order valence-electron chi connectivity index (χ4n) is 2.27. The number of hydrogen-bond donors (Lipinski definition) is 0.